The Hall–Kier alpha value is -2.69. The summed E-state index contributed by atoms with van der Waals surface area (Å²) in [6, 6.07) is 17.8. The number of alkyl carbamates (subject to hydrolysis) is 1. The molecule has 0 bridgehead atoms. The van der Waals surface area contributed by atoms with Crippen LogP contribution in [0, 0.1) is 0 Å². The lowest BCUT2D eigenvalue weighted by atomic mass is 10.1. The molecule has 1 atom stereocenters. The molecule has 1 aliphatic rings. The Morgan fingerprint density at radius 1 is 1.20 bits per heavy atom. The van der Waals surface area contributed by atoms with Crippen molar-refractivity contribution in [3.8, 4) is 5.75 Å². The smallest absolute Gasteiger partial charge is 0.407 e. The summed E-state index contributed by atoms with van der Waals surface area (Å²) in [6.07, 6.45) is 1.63. The summed E-state index contributed by atoms with van der Waals surface area (Å²) < 4.78 is 10.6. The second-order valence-corrected chi connectivity index (χ2v) is 6.19. The lowest BCUT2D eigenvalue weighted by Crippen LogP contribution is -2.48. The van der Waals surface area contributed by atoms with Crippen molar-refractivity contribution in [1.29, 1.82) is 0 Å². The van der Waals surface area contributed by atoms with Crippen LogP contribution in [-0.4, -0.2) is 32.3 Å². The van der Waals surface area contributed by atoms with Gasteiger partial charge in [0.15, 0.2) is 0 Å². The second kappa shape index (κ2) is 8.42. The van der Waals surface area contributed by atoms with Gasteiger partial charge in [0.2, 0.25) is 0 Å². The molecule has 1 fully saturated rings. The zero-order valence-electron chi connectivity index (χ0n) is 14.5. The van der Waals surface area contributed by atoms with Gasteiger partial charge in [0, 0.05) is 30.9 Å². The van der Waals surface area contributed by atoms with Gasteiger partial charge in [-0.25, -0.2) is 4.79 Å². The van der Waals surface area contributed by atoms with E-state index in [2.05, 4.69) is 16.3 Å². The predicted octanol–water partition coefficient (Wildman–Crippen LogP) is 3.59. The number of benzene rings is 2. The molecule has 1 saturated heterocycles. The summed E-state index contributed by atoms with van der Waals surface area (Å²) in [7, 11) is 1.67. The van der Waals surface area contributed by atoms with E-state index in [9.17, 15) is 4.79 Å². The highest BCUT2D eigenvalue weighted by Crippen LogP contribution is 2.24. The van der Waals surface area contributed by atoms with Crippen LogP contribution in [0.4, 0.5) is 10.5 Å². The van der Waals surface area contributed by atoms with E-state index >= 15 is 0 Å². The van der Waals surface area contributed by atoms with E-state index in [1.54, 1.807) is 7.11 Å². The summed E-state index contributed by atoms with van der Waals surface area (Å²) in [6.45, 7) is 2.04. The van der Waals surface area contributed by atoms with Gasteiger partial charge >= 0.3 is 6.09 Å². The zero-order chi connectivity index (χ0) is 17.5. The Morgan fingerprint density at radius 3 is 2.84 bits per heavy atom. The minimum atomic E-state index is -0.360. The maximum absolute atomic E-state index is 12.1. The Labute approximate surface area is 148 Å². The van der Waals surface area contributed by atoms with E-state index in [4.69, 9.17) is 9.47 Å². The molecule has 3 rings (SSSR count). The standard InChI is InChI=1S/C20H24N2O3/c1-24-19-11-5-10-18(13-19)22-12-6-9-17(14-22)21-20(23)25-15-16-7-3-2-4-8-16/h2-5,7-8,10-11,13,17H,6,9,12,14-15H2,1H3,(H,21,23). The van der Waals surface area contributed by atoms with Crippen molar-refractivity contribution >= 4 is 11.8 Å². The first-order chi connectivity index (χ1) is 12.2. The van der Waals surface area contributed by atoms with Crippen LogP contribution in [-0.2, 0) is 11.3 Å². The van der Waals surface area contributed by atoms with Crippen LogP contribution in [0.3, 0.4) is 0 Å². The summed E-state index contributed by atoms with van der Waals surface area (Å²) >= 11 is 0. The van der Waals surface area contributed by atoms with Gasteiger partial charge in [-0.2, -0.15) is 0 Å². The summed E-state index contributed by atoms with van der Waals surface area (Å²) in [5, 5.41) is 2.98. The van der Waals surface area contributed by atoms with Gasteiger partial charge < -0.3 is 19.7 Å². The molecule has 2 aromatic carbocycles. The molecule has 0 radical (unpaired) electrons. The third-order valence-electron chi connectivity index (χ3n) is 4.37. The number of hydrogen-bond donors (Lipinski definition) is 1. The number of amides is 1. The zero-order valence-corrected chi connectivity index (χ0v) is 14.5. The molecule has 5 heteroatoms. The van der Waals surface area contributed by atoms with Crippen molar-refractivity contribution in [3.05, 3.63) is 60.2 Å². The summed E-state index contributed by atoms with van der Waals surface area (Å²) in [5.74, 6) is 0.842. The Kier molecular flexibility index (Phi) is 5.77. The monoisotopic (exact) mass is 340 g/mol. The van der Waals surface area contributed by atoms with Crippen LogP contribution < -0.4 is 15.0 Å². The lowest BCUT2D eigenvalue weighted by molar-refractivity contribution is 0.134. The van der Waals surface area contributed by atoms with Crippen molar-refractivity contribution in [1.82, 2.24) is 5.32 Å². The molecule has 0 aliphatic carbocycles. The summed E-state index contributed by atoms with van der Waals surface area (Å²) in [4.78, 5) is 14.3. The molecule has 1 heterocycles. The predicted molar refractivity (Wildman–Crippen MR) is 98.0 cm³/mol. The number of hydrogen-bond acceptors (Lipinski definition) is 4. The highest BCUT2D eigenvalue weighted by atomic mass is 16.5. The number of ether oxygens (including phenoxy) is 2. The van der Waals surface area contributed by atoms with Crippen LogP contribution in [0.25, 0.3) is 0 Å². The van der Waals surface area contributed by atoms with Crippen LogP contribution in [0.2, 0.25) is 0 Å². The van der Waals surface area contributed by atoms with Crippen molar-refractivity contribution < 1.29 is 14.3 Å². The maximum Gasteiger partial charge on any atom is 0.407 e. The van der Waals surface area contributed by atoms with Crippen molar-refractivity contribution in [2.45, 2.75) is 25.5 Å². The molecule has 0 aromatic heterocycles. The molecule has 0 spiro atoms. The van der Waals surface area contributed by atoms with E-state index in [0.717, 1.165) is 42.9 Å². The largest absolute Gasteiger partial charge is 0.497 e. The minimum Gasteiger partial charge on any atom is -0.497 e. The second-order valence-electron chi connectivity index (χ2n) is 6.19. The van der Waals surface area contributed by atoms with Crippen LogP contribution in [0.15, 0.2) is 54.6 Å². The highest BCUT2D eigenvalue weighted by Gasteiger charge is 2.22. The first-order valence-corrected chi connectivity index (χ1v) is 8.61. The van der Waals surface area contributed by atoms with Crippen molar-refractivity contribution in [2.24, 2.45) is 0 Å². The fourth-order valence-corrected chi connectivity index (χ4v) is 3.07. The molecule has 5 nitrogen and oxygen atoms in total. The van der Waals surface area contributed by atoms with Gasteiger partial charge in [-0.3, -0.25) is 0 Å². The highest BCUT2D eigenvalue weighted by molar-refractivity contribution is 5.67. The maximum atomic E-state index is 12.1. The normalized spacial score (nSPS) is 17.0. The Balaban J connectivity index is 1.51. The number of nitrogens with zero attached hydrogens (tertiary/aromatic N) is 1. The third kappa shape index (κ3) is 4.89. The van der Waals surface area contributed by atoms with Crippen molar-refractivity contribution in [3.63, 3.8) is 0 Å². The molecule has 0 saturated carbocycles. The number of carbonyl (C=O) groups excluding carboxylic acids is 1. The third-order valence-corrected chi connectivity index (χ3v) is 4.37. The quantitative estimate of drug-likeness (QED) is 0.904. The molecule has 132 valence electrons. The Bertz CT molecular complexity index is 690. The van der Waals surface area contributed by atoms with Gasteiger partial charge in [0.1, 0.15) is 12.4 Å². The fourth-order valence-electron chi connectivity index (χ4n) is 3.07. The SMILES string of the molecule is COc1cccc(N2CCCC(NC(=O)OCc3ccccc3)C2)c1. The first-order valence-electron chi connectivity index (χ1n) is 8.61. The van der Waals surface area contributed by atoms with E-state index in [1.165, 1.54) is 0 Å². The van der Waals surface area contributed by atoms with Gasteiger partial charge in [-0.1, -0.05) is 36.4 Å². The average Bonchev–Trinajstić information content (AvgIpc) is 2.67. The molecule has 1 unspecified atom stereocenters. The number of piperidine rings is 1. The van der Waals surface area contributed by atoms with Gasteiger partial charge in [0.05, 0.1) is 7.11 Å². The van der Waals surface area contributed by atoms with Gasteiger partial charge in [-0.15, -0.1) is 0 Å². The average molecular weight is 340 g/mol. The molecule has 1 amide bonds. The first kappa shape index (κ1) is 17.1. The Morgan fingerprint density at radius 2 is 2.04 bits per heavy atom. The number of anilines is 1. The fraction of sp³-hybridized carbons (Fsp3) is 0.350. The van der Waals surface area contributed by atoms with Gasteiger partial charge in [0.25, 0.3) is 0 Å². The number of rotatable bonds is 5. The van der Waals surface area contributed by atoms with E-state index in [0.29, 0.717) is 6.61 Å². The van der Waals surface area contributed by atoms with Crippen molar-refractivity contribution in [2.75, 3.05) is 25.1 Å². The minimum absolute atomic E-state index is 0.0863. The van der Waals surface area contributed by atoms with Crippen LogP contribution in [0.1, 0.15) is 18.4 Å². The molecular weight excluding hydrogens is 316 g/mol. The topological polar surface area (TPSA) is 50.8 Å². The lowest BCUT2D eigenvalue weighted by Gasteiger charge is -2.34. The number of carbonyl (C=O) groups is 1. The number of methoxy groups -OCH3 is 1. The molecule has 2 aromatic rings. The van der Waals surface area contributed by atoms with E-state index in [-0.39, 0.29) is 12.1 Å². The number of nitrogens with one attached hydrogen (secondary N) is 1. The van der Waals surface area contributed by atoms with Gasteiger partial charge in [-0.05, 0) is 30.5 Å². The van der Waals surface area contributed by atoms with E-state index < -0.39 is 0 Å². The summed E-state index contributed by atoms with van der Waals surface area (Å²) in [5.41, 5.74) is 2.10. The molecule has 1 aliphatic heterocycles. The molecular formula is C20H24N2O3. The molecule has 1 N–H and O–H groups in total. The van der Waals surface area contributed by atoms with Crippen LogP contribution in [0.5, 0.6) is 5.75 Å². The molecule has 25 heavy (non-hydrogen) atoms. The van der Waals surface area contributed by atoms with E-state index in [1.807, 2.05) is 48.5 Å². The van der Waals surface area contributed by atoms with Crippen LogP contribution >= 0.6 is 0 Å².